The van der Waals surface area contributed by atoms with Crippen molar-refractivity contribution < 1.29 is 14.3 Å². The zero-order valence-electron chi connectivity index (χ0n) is 18.6. The molecule has 0 radical (unpaired) electrons. The topological polar surface area (TPSA) is 63.7 Å². The van der Waals surface area contributed by atoms with E-state index in [0.29, 0.717) is 19.5 Å². The Bertz CT molecular complexity index is 1030. The molecule has 3 aromatic rings. The van der Waals surface area contributed by atoms with Gasteiger partial charge in [-0.25, -0.2) is 0 Å². The van der Waals surface area contributed by atoms with E-state index in [1.807, 2.05) is 36.5 Å². The van der Waals surface area contributed by atoms with Crippen molar-refractivity contribution in [3.8, 4) is 22.6 Å². The Morgan fingerprint density at radius 1 is 1.00 bits per heavy atom. The Hall–Kier alpha value is -3.38. The summed E-state index contributed by atoms with van der Waals surface area (Å²) in [4.78, 5) is 19.3. The van der Waals surface area contributed by atoms with E-state index in [1.165, 1.54) is 0 Å². The molecule has 0 aliphatic carbocycles. The highest BCUT2D eigenvalue weighted by Crippen LogP contribution is 2.25. The molecule has 1 aliphatic rings. The molecule has 1 atom stereocenters. The van der Waals surface area contributed by atoms with Gasteiger partial charge in [0.2, 0.25) is 5.91 Å². The zero-order valence-corrected chi connectivity index (χ0v) is 18.6. The van der Waals surface area contributed by atoms with Crippen LogP contribution in [-0.4, -0.2) is 49.6 Å². The van der Waals surface area contributed by atoms with E-state index in [2.05, 4.69) is 39.5 Å². The first-order valence-corrected chi connectivity index (χ1v) is 10.9. The largest absolute Gasteiger partial charge is 0.497 e. The zero-order chi connectivity index (χ0) is 22.3. The molecule has 1 N–H and O–H groups in total. The average molecular weight is 432 g/mol. The minimum atomic E-state index is -0.117. The molecule has 6 heteroatoms. The van der Waals surface area contributed by atoms with Crippen LogP contribution in [0, 0.1) is 5.92 Å². The van der Waals surface area contributed by atoms with Gasteiger partial charge in [-0.05, 0) is 46.9 Å². The molecule has 6 nitrogen and oxygen atoms in total. The smallest absolute Gasteiger partial charge is 0.224 e. The molecule has 166 valence electrons. The SMILES string of the molecule is COc1cc(CN2CCNC(=O)[C@@H](Cc3cccc(-c4cccnc4)c3)C2)cc(OC)c1. The second kappa shape index (κ2) is 10.3. The summed E-state index contributed by atoms with van der Waals surface area (Å²) >= 11 is 0. The number of hydrogen-bond donors (Lipinski definition) is 1. The van der Waals surface area contributed by atoms with E-state index in [0.717, 1.165) is 46.8 Å². The minimum absolute atomic E-state index is 0.113. The van der Waals surface area contributed by atoms with Crippen LogP contribution in [0.3, 0.4) is 0 Å². The first-order chi connectivity index (χ1) is 15.6. The standard InChI is InChI=1S/C26H29N3O3/c1-31-24-13-20(14-25(15-24)32-2)17-29-10-9-28-26(30)23(18-29)12-19-5-3-6-21(11-19)22-7-4-8-27-16-22/h3-8,11,13-16,23H,9-10,12,17-18H2,1-2H3,(H,28,30)/t23-/m0/s1. The molecule has 1 amide bonds. The van der Waals surface area contributed by atoms with Gasteiger partial charge in [0.1, 0.15) is 11.5 Å². The quantitative estimate of drug-likeness (QED) is 0.620. The fraction of sp³-hybridized carbons (Fsp3) is 0.308. The van der Waals surface area contributed by atoms with E-state index < -0.39 is 0 Å². The summed E-state index contributed by atoms with van der Waals surface area (Å²) in [6, 6.07) is 18.3. The van der Waals surface area contributed by atoms with Gasteiger partial charge in [-0.2, -0.15) is 0 Å². The van der Waals surface area contributed by atoms with Gasteiger partial charge in [0.15, 0.2) is 0 Å². The molecule has 0 saturated carbocycles. The predicted octanol–water partition coefficient (Wildman–Crippen LogP) is 3.56. The summed E-state index contributed by atoms with van der Waals surface area (Å²) in [6.07, 6.45) is 4.33. The summed E-state index contributed by atoms with van der Waals surface area (Å²) in [5.41, 5.74) is 4.45. The van der Waals surface area contributed by atoms with Crippen LogP contribution in [-0.2, 0) is 17.8 Å². The number of carbonyl (C=O) groups excluding carboxylic acids is 1. The summed E-state index contributed by atoms with van der Waals surface area (Å²) in [5, 5.41) is 3.08. The second-order valence-electron chi connectivity index (χ2n) is 8.09. The van der Waals surface area contributed by atoms with Gasteiger partial charge < -0.3 is 14.8 Å². The molecular weight excluding hydrogens is 402 g/mol. The number of methoxy groups -OCH3 is 2. The second-order valence-corrected chi connectivity index (χ2v) is 8.09. The molecule has 0 unspecified atom stereocenters. The van der Waals surface area contributed by atoms with E-state index in [4.69, 9.17) is 9.47 Å². The Balaban J connectivity index is 1.49. The lowest BCUT2D eigenvalue weighted by Gasteiger charge is -2.23. The highest BCUT2D eigenvalue weighted by atomic mass is 16.5. The molecule has 4 rings (SSSR count). The number of hydrogen-bond acceptors (Lipinski definition) is 5. The maximum atomic E-state index is 12.8. The van der Waals surface area contributed by atoms with Crippen molar-refractivity contribution in [2.75, 3.05) is 33.9 Å². The van der Waals surface area contributed by atoms with Crippen molar-refractivity contribution in [1.29, 1.82) is 0 Å². The third kappa shape index (κ3) is 5.45. The van der Waals surface area contributed by atoms with Crippen LogP contribution < -0.4 is 14.8 Å². The van der Waals surface area contributed by atoms with Crippen LogP contribution in [0.5, 0.6) is 11.5 Å². The summed E-state index contributed by atoms with van der Waals surface area (Å²) in [5.74, 6) is 1.54. The molecule has 1 aromatic heterocycles. The minimum Gasteiger partial charge on any atom is -0.497 e. The summed E-state index contributed by atoms with van der Waals surface area (Å²) in [7, 11) is 3.31. The highest BCUT2D eigenvalue weighted by molar-refractivity contribution is 5.79. The molecule has 1 saturated heterocycles. The van der Waals surface area contributed by atoms with Crippen LogP contribution in [0.25, 0.3) is 11.1 Å². The number of carbonyl (C=O) groups is 1. The fourth-order valence-corrected chi connectivity index (χ4v) is 4.18. The van der Waals surface area contributed by atoms with Crippen LogP contribution in [0.2, 0.25) is 0 Å². The maximum absolute atomic E-state index is 12.8. The molecule has 2 heterocycles. The predicted molar refractivity (Wildman–Crippen MR) is 125 cm³/mol. The van der Waals surface area contributed by atoms with E-state index >= 15 is 0 Å². The third-order valence-electron chi connectivity index (χ3n) is 5.80. The number of amides is 1. The van der Waals surface area contributed by atoms with Crippen molar-refractivity contribution in [3.63, 3.8) is 0 Å². The number of benzene rings is 2. The van der Waals surface area contributed by atoms with E-state index in [1.54, 1.807) is 20.4 Å². The van der Waals surface area contributed by atoms with Crippen LogP contribution in [0.1, 0.15) is 11.1 Å². The van der Waals surface area contributed by atoms with Crippen molar-refractivity contribution in [2.45, 2.75) is 13.0 Å². The van der Waals surface area contributed by atoms with Gasteiger partial charge in [0.25, 0.3) is 0 Å². The van der Waals surface area contributed by atoms with Crippen LogP contribution in [0.15, 0.2) is 67.0 Å². The number of aromatic nitrogens is 1. The number of ether oxygens (including phenoxy) is 2. The van der Waals surface area contributed by atoms with Crippen molar-refractivity contribution in [2.24, 2.45) is 5.92 Å². The van der Waals surface area contributed by atoms with Crippen LogP contribution in [0.4, 0.5) is 0 Å². The fourth-order valence-electron chi connectivity index (χ4n) is 4.18. The Labute approximate surface area is 189 Å². The number of pyridine rings is 1. The summed E-state index contributed by atoms with van der Waals surface area (Å²) < 4.78 is 10.8. The van der Waals surface area contributed by atoms with E-state index in [-0.39, 0.29) is 11.8 Å². The van der Waals surface area contributed by atoms with Gasteiger partial charge >= 0.3 is 0 Å². The number of nitrogens with one attached hydrogen (secondary N) is 1. The van der Waals surface area contributed by atoms with Gasteiger partial charge in [-0.3, -0.25) is 14.7 Å². The van der Waals surface area contributed by atoms with Gasteiger partial charge in [0, 0.05) is 44.6 Å². The van der Waals surface area contributed by atoms with Gasteiger partial charge in [-0.15, -0.1) is 0 Å². The summed E-state index contributed by atoms with van der Waals surface area (Å²) in [6.45, 7) is 2.88. The Kier molecular flexibility index (Phi) is 7.02. The van der Waals surface area contributed by atoms with Crippen LogP contribution >= 0.6 is 0 Å². The molecule has 0 spiro atoms. The van der Waals surface area contributed by atoms with E-state index in [9.17, 15) is 4.79 Å². The number of nitrogens with zero attached hydrogens (tertiary/aromatic N) is 2. The van der Waals surface area contributed by atoms with Crippen molar-refractivity contribution in [1.82, 2.24) is 15.2 Å². The molecule has 2 aromatic carbocycles. The highest BCUT2D eigenvalue weighted by Gasteiger charge is 2.25. The first-order valence-electron chi connectivity index (χ1n) is 10.9. The lowest BCUT2D eigenvalue weighted by molar-refractivity contribution is -0.124. The lowest BCUT2D eigenvalue weighted by Crippen LogP contribution is -2.33. The Morgan fingerprint density at radius 3 is 2.50 bits per heavy atom. The molecule has 32 heavy (non-hydrogen) atoms. The molecule has 0 bridgehead atoms. The Morgan fingerprint density at radius 2 is 1.78 bits per heavy atom. The third-order valence-corrected chi connectivity index (χ3v) is 5.80. The van der Waals surface area contributed by atoms with Gasteiger partial charge in [-0.1, -0.05) is 30.3 Å². The molecule has 1 aliphatic heterocycles. The average Bonchev–Trinajstić information content (AvgIpc) is 3.00. The van der Waals surface area contributed by atoms with Crippen molar-refractivity contribution >= 4 is 5.91 Å². The molecule has 1 fully saturated rings. The number of rotatable bonds is 7. The normalized spacial score (nSPS) is 16.8. The maximum Gasteiger partial charge on any atom is 0.224 e. The van der Waals surface area contributed by atoms with Crippen molar-refractivity contribution in [3.05, 3.63) is 78.1 Å². The monoisotopic (exact) mass is 431 g/mol. The molecular formula is C26H29N3O3. The first kappa shape index (κ1) is 21.8. The van der Waals surface area contributed by atoms with Gasteiger partial charge in [0.05, 0.1) is 20.1 Å². The lowest BCUT2D eigenvalue weighted by atomic mass is 9.95.